The highest BCUT2D eigenvalue weighted by Crippen LogP contribution is 2.39. The van der Waals surface area contributed by atoms with Crippen molar-refractivity contribution in [3.05, 3.63) is 22.2 Å². The lowest BCUT2D eigenvalue weighted by Crippen LogP contribution is -2.29. The van der Waals surface area contributed by atoms with E-state index in [1.165, 1.54) is 0 Å². The van der Waals surface area contributed by atoms with E-state index in [1.807, 2.05) is 12.1 Å². The van der Waals surface area contributed by atoms with Crippen LogP contribution in [0.15, 0.2) is 16.6 Å². The van der Waals surface area contributed by atoms with Crippen molar-refractivity contribution in [1.29, 1.82) is 0 Å². The van der Waals surface area contributed by atoms with Crippen molar-refractivity contribution in [2.24, 2.45) is 11.1 Å². The lowest BCUT2D eigenvalue weighted by molar-refractivity contribution is -0.147. The number of carbonyl (C=O) groups is 1. The first-order valence-corrected chi connectivity index (χ1v) is 7.68. The maximum Gasteiger partial charge on any atom is 0.309 e. The van der Waals surface area contributed by atoms with Crippen LogP contribution in [0.4, 0.5) is 0 Å². The van der Waals surface area contributed by atoms with E-state index in [0.29, 0.717) is 31.1 Å². The number of nitrogens with two attached hydrogens (primary N) is 1. The summed E-state index contributed by atoms with van der Waals surface area (Å²) in [6.45, 7) is 4.57. The SMILES string of the molecule is CC(C)(CC(N)c1cc2c(cc1Br)OCCCO2)C(=O)O. The van der Waals surface area contributed by atoms with Crippen LogP contribution in [0.1, 0.15) is 38.3 Å². The van der Waals surface area contributed by atoms with Gasteiger partial charge in [0.15, 0.2) is 11.5 Å². The van der Waals surface area contributed by atoms with Gasteiger partial charge in [-0.2, -0.15) is 0 Å². The molecule has 21 heavy (non-hydrogen) atoms. The highest BCUT2D eigenvalue weighted by molar-refractivity contribution is 9.10. The van der Waals surface area contributed by atoms with Crippen LogP contribution in [-0.2, 0) is 4.79 Å². The molecule has 6 heteroatoms. The molecule has 0 fully saturated rings. The van der Waals surface area contributed by atoms with Crippen LogP contribution < -0.4 is 15.2 Å². The highest BCUT2D eigenvalue weighted by Gasteiger charge is 2.31. The molecule has 0 saturated heterocycles. The van der Waals surface area contributed by atoms with Crippen molar-refractivity contribution in [1.82, 2.24) is 0 Å². The molecule has 0 amide bonds. The van der Waals surface area contributed by atoms with Gasteiger partial charge in [0, 0.05) is 16.9 Å². The van der Waals surface area contributed by atoms with E-state index in [0.717, 1.165) is 16.5 Å². The minimum Gasteiger partial charge on any atom is -0.490 e. The second kappa shape index (κ2) is 6.23. The molecule has 0 spiro atoms. The fourth-order valence-corrected chi connectivity index (χ4v) is 2.85. The Morgan fingerprint density at radius 3 is 2.52 bits per heavy atom. The van der Waals surface area contributed by atoms with Crippen LogP contribution >= 0.6 is 15.9 Å². The molecule has 116 valence electrons. The first kappa shape index (κ1) is 16.1. The molecule has 0 radical (unpaired) electrons. The van der Waals surface area contributed by atoms with Gasteiger partial charge in [-0.1, -0.05) is 15.9 Å². The van der Waals surface area contributed by atoms with Gasteiger partial charge in [-0.15, -0.1) is 0 Å². The van der Waals surface area contributed by atoms with Gasteiger partial charge < -0.3 is 20.3 Å². The van der Waals surface area contributed by atoms with Gasteiger partial charge in [0.05, 0.1) is 18.6 Å². The number of benzene rings is 1. The third-order valence-corrected chi connectivity index (χ3v) is 4.26. The van der Waals surface area contributed by atoms with Crippen molar-refractivity contribution >= 4 is 21.9 Å². The van der Waals surface area contributed by atoms with Gasteiger partial charge in [-0.05, 0) is 38.0 Å². The quantitative estimate of drug-likeness (QED) is 0.864. The Hall–Kier alpha value is -1.27. The molecule has 1 atom stereocenters. The molecule has 1 aliphatic heterocycles. The number of carboxylic acid groups (broad SMARTS) is 1. The van der Waals surface area contributed by atoms with Gasteiger partial charge in [0.1, 0.15) is 0 Å². The molecule has 1 unspecified atom stereocenters. The molecule has 2 rings (SSSR count). The first-order valence-electron chi connectivity index (χ1n) is 6.89. The molecule has 3 N–H and O–H groups in total. The Morgan fingerprint density at radius 2 is 1.95 bits per heavy atom. The third-order valence-electron chi connectivity index (χ3n) is 3.58. The van der Waals surface area contributed by atoms with Gasteiger partial charge in [0.2, 0.25) is 0 Å². The third kappa shape index (κ3) is 3.68. The summed E-state index contributed by atoms with van der Waals surface area (Å²) in [7, 11) is 0. The summed E-state index contributed by atoms with van der Waals surface area (Å²) in [5.74, 6) is 0.491. The van der Waals surface area contributed by atoms with Gasteiger partial charge in [-0.3, -0.25) is 4.79 Å². The molecule has 1 heterocycles. The highest BCUT2D eigenvalue weighted by atomic mass is 79.9. The number of rotatable bonds is 4. The molecule has 1 aromatic carbocycles. The van der Waals surface area contributed by atoms with E-state index >= 15 is 0 Å². The lowest BCUT2D eigenvalue weighted by Gasteiger charge is -2.25. The van der Waals surface area contributed by atoms with Crippen LogP contribution in [0.2, 0.25) is 0 Å². The number of halogens is 1. The second-order valence-electron chi connectivity index (χ2n) is 5.87. The number of aliphatic carboxylic acids is 1. The van der Waals surface area contributed by atoms with E-state index in [2.05, 4.69) is 15.9 Å². The van der Waals surface area contributed by atoms with E-state index in [1.54, 1.807) is 13.8 Å². The standard InChI is InChI=1S/C15H20BrNO4/c1-15(2,14(18)19)8-11(17)9-6-12-13(7-10(9)16)21-5-3-4-20-12/h6-7,11H,3-5,8,17H2,1-2H3,(H,18,19). The van der Waals surface area contributed by atoms with Gasteiger partial charge in [-0.25, -0.2) is 0 Å². The molecule has 0 aromatic heterocycles. The Labute approximate surface area is 132 Å². The fourth-order valence-electron chi connectivity index (χ4n) is 2.23. The molecular formula is C15H20BrNO4. The summed E-state index contributed by atoms with van der Waals surface area (Å²) >= 11 is 3.48. The maximum atomic E-state index is 11.2. The van der Waals surface area contributed by atoms with Crippen molar-refractivity contribution in [2.75, 3.05) is 13.2 Å². The van der Waals surface area contributed by atoms with Crippen molar-refractivity contribution in [2.45, 2.75) is 32.7 Å². The number of carboxylic acids is 1. The van der Waals surface area contributed by atoms with E-state index < -0.39 is 17.4 Å². The summed E-state index contributed by atoms with van der Waals surface area (Å²) < 4.78 is 12.1. The summed E-state index contributed by atoms with van der Waals surface area (Å²) in [6.07, 6.45) is 1.17. The van der Waals surface area contributed by atoms with Crippen molar-refractivity contribution in [3.63, 3.8) is 0 Å². The Kier molecular flexibility index (Phi) is 4.78. The number of hydrogen-bond donors (Lipinski definition) is 2. The molecule has 1 aliphatic rings. The van der Waals surface area contributed by atoms with Crippen LogP contribution in [0.25, 0.3) is 0 Å². The monoisotopic (exact) mass is 357 g/mol. The van der Waals surface area contributed by atoms with Crippen molar-refractivity contribution < 1.29 is 19.4 Å². The summed E-state index contributed by atoms with van der Waals surface area (Å²) in [4.78, 5) is 11.2. The predicted octanol–water partition coefficient (Wildman–Crippen LogP) is 3.11. The zero-order valence-corrected chi connectivity index (χ0v) is 13.8. The number of hydrogen-bond acceptors (Lipinski definition) is 4. The fraction of sp³-hybridized carbons (Fsp3) is 0.533. The average Bonchev–Trinajstić information content (AvgIpc) is 2.61. The summed E-state index contributed by atoms with van der Waals surface area (Å²) in [6, 6.07) is 3.28. The Bertz CT molecular complexity index is 545. The van der Waals surface area contributed by atoms with Crippen LogP contribution in [0.3, 0.4) is 0 Å². The zero-order valence-electron chi connectivity index (χ0n) is 12.2. The average molecular weight is 358 g/mol. The van der Waals surface area contributed by atoms with Crippen molar-refractivity contribution in [3.8, 4) is 11.5 Å². The second-order valence-corrected chi connectivity index (χ2v) is 6.72. The zero-order chi connectivity index (χ0) is 15.6. The molecule has 1 aromatic rings. The minimum absolute atomic E-state index is 0.334. The molecular weight excluding hydrogens is 338 g/mol. The molecule has 0 aliphatic carbocycles. The number of fused-ring (bicyclic) bond motifs is 1. The Balaban J connectivity index is 2.27. The molecule has 5 nitrogen and oxygen atoms in total. The molecule has 0 saturated carbocycles. The van der Waals surface area contributed by atoms with E-state index in [9.17, 15) is 9.90 Å². The van der Waals surface area contributed by atoms with Crippen LogP contribution in [-0.4, -0.2) is 24.3 Å². The predicted molar refractivity (Wildman–Crippen MR) is 82.7 cm³/mol. The smallest absolute Gasteiger partial charge is 0.309 e. The normalized spacial score (nSPS) is 16.2. The van der Waals surface area contributed by atoms with E-state index in [4.69, 9.17) is 15.2 Å². The maximum absolute atomic E-state index is 11.2. The minimum atomic E-state index is -0.886. The summed E-state index contributed by atoms with van der Waals surface area (Å²) in [5.41, 5.74) is 6.14. The number of ether oxygens (including phenoxy) is 2. The largest absolute Gasteiger partial charge is 0.490 e. The van der Waals surface area contributed by atoms with Gasteiger partial charge in [0.25, 0.3) is 0 Å². The van der Waals surface area contributed by atoms with Crippen LogP contribution in [0, 0.1) is 5.41 Å². The van der Waals surface area contributed by atoms with E-state index in [-0.39, 0.29) is 0 Å². The lowest BCUT2D eigenvalue weighted by atomic mass is 9.84. The topological polar surface area (TPSA) is 81.8 Å². The van der Waals surface area contributed by atoms with Gasteiger partial charge >= 0.3 is 5.97 Å². The molecule has 0 bridgehead atoms. The van der Waals surface area contributed by atoms with Crippen LogP contribution in [0.5, 0.6) is 11.5 Å². The summed E-state index contributed by atoms with van der Waals surface area (Å²) in [5, 5.41) is 9.22. The Morgan fingerprint density at radius 1 is 1.38 bits per heavy atom. The first-order chi connectivity index (χ1) is 9.81.